The van der Waals surface area contributed by atoms with Crippen molar-refractivity contribution < 1.29 is 10.1 Å². The minimum absolute atomic E-state index is 0.342. The summed E-state index contributed by atoms with van der Waals surface area (Å²) in [6.45, 7) is 5.15. The average Bonchev–Trinajstić information content (AvgIpc) is 2.01. The maximum Gasteiger partial charge on any atom is 0.278 e. The zero-order chi connectivity index (χ0) is 10.6. The molecule has 0 fully saturated rings. The molecule has 5 heteroatoms. The van der Waals surface area contributed by atoms with Crippen molar-refractivity contribution in [3.63, 3.8) is 0 Å². The van der Waals surface area contributed by atoms with Crippen molar-refractivity contribution in [2.24, 2.45) is 11.5 Å². The van der Waals surface area contributed by atoms with Gasteiger partial charge in [-0.1, -0.05) is 0 Å². The van der Waals surface area contributed by atoms with Crippen molar-refractivity contribution >= 4 is 12.1 Å². The molecular formula is C8H17N4O+. The summed E-state index contributed by atoms with van der Waals surface area (Å²) >= 11 is 0. The van der Waals surface area contributed by atoms with Gasteiger partial charge in [-0.15, -0.1) is 0 Å². The van der Waals surface area contributed by atoms with Crippen LogP contribution in [0.2, 0.25) is 0 Å². The van der Waals surface area contributed by atoms with Crippen LogP contribution in [0.25, 0.3) is 0 Å². The number of carbonyl (C=O) groups is 1. The Morgan fingerprint density at radius 2 is 1.92 bits per heavy atom. The maximum atomic E-state index is 10.9. The van der Waals surface area contributed by atoms with E-state index in [0.717, 1.165) is 6.21 Å². The third-order valence-electron chi connectivity index (χ3n) is 1.82. The number of primary amides is 1. The van der Waals surface area contributed by atoms with E-state index in [1.165, 1.54) is 0 Å². The van der Waals surface area contributed by atoms with Gasteiger partial charge in [0.05, 0.1) is 0 Å². The number of hydrogen-bond acceptors (Lipinski definition) is 3. The first-order valence-corrected chi connectivity index (χ1v) is 3.94. The number of rotatable bonds is 4. The first-order chi connectivity index (χ1) is 5.81. The molecule has 0 aliphatic heterocycles. The van der Waals surface area contributed by atoms with Gasteiger partial charge in [0.2, 0.25) is 0 Å². The molecule has 0 aliphatic carbocycles. The second kappa shape index (κ2) is 4.04. The van der Waals surface area contributed by atoms with Gasteiger partial charge < -0.3 is 22.2 Å². The summed E-state index contributed by atoms with van der Waals surface area (Å²) in [7, 11) is 0. The van der Waals surface area contributed by atoms with Gasteiger partial charge in [-0.2, -0.15) is 0 Å². The van der Waals surface area contributed by atoms with Crippen LogP contribution in [0.4, 0.5) is 0 Å². The molecule has 0 radical (unpaired) electrons. The minimum atomic E-state index is -0.724. The van der Waals surface area contributed by atoms with Crippen LogP contribution in [0.3, 0.4) is 0 Å². The summed E-state index contributed by atoms with van der Waals surface area (Å²) in [4.78, 5) is 10.9. The van der Waals surface area contributed by atoms with Gasteiger partial charge in [0.25, 0.3) is 5.91 Å². The Kier molecular flexibility index (Phi) is 3.62. The number of nitrogens with one attached hydrogen (secondary N) is 1. The van der Waals surface area contributed by atoms with Crippen molar-refractivity contribution in [2.75, 3.05) is 0 Å². The zero-order valence-electron chi connectivity index (χ0n) is 8.22. The average molecular weight is 185 g/mol. The molecule has 13 heavy (non-hydrogen) atoms. The molecule has 5 nitrogen and oxygen atoms in total. The van der Waals surface area contributed by atoms with Crippen LogP contribution in [0.15, 0.2) is 11.4 Å². The molecule has 1 amide bonds. The molecule has 0 aromatic carbocycles. The molecule has 0 aromatic rings. The summed E-state index contributed by atoms with van der Waals surface area (Å²) < 4.78 is 0. The molecule has 0 aromatic heterocycles. The highest BCUT2D eigenvalue weighted by molar-refractivity contribution is 5.82. The van der Waals surface area contributed by atoms with Crippen LogP contribution in [0.5, 0.6) is 0 Å². The van der Waals surface area contributed by atoms with E-state index in [4.69, 9.17) is 16.9 Å². The molecule has 0 heterocycles. The van der Waals surface area contributed by atoms with Gasteiger partial charge in [-0.05, 0) is 0 Å². The Labute approximate surface area is 77.7 Å². The van der Waals surface area contributed by atoms with Crippen molar-refractivity contribution in [1.82, 2.24) is 0 Å². The highest BCUT2D eigenvalue weighted by Gasteiger charge is 2.29. The fraction of sp³-hybridized carbons (Fsp3) is 0.500. The zero-order valence-corrected chi connectivity index (χ0v) is 8.22. The van der Waals surface area contributed by atoms with Gasteiger partial charge in [-0.3, -0.25) is 4.79 Å². The fourth-order valence-corrected chi connectivity index (χ4v) is 0.810. The lowest BCUT2D eigenvalue weighted by molar-refractivity contribution is -0.661. The van der Waals surface area contributed by atoms with Gasteiger partial charge in [0, 0.05) is 27.0 Å². The molecule has 0 spiro atoms. The maximum absolute atomic E-state index is 10.9. The molecule has 0 rings (SSSR count). The van der Waals surface area contributed by atoms with E-state index in [9.17, 15) is 4.79 Å². The van der Waals surface area contributed by atoms with E-state index >= 15 is 0 Å². The predicted octanol–water partition coefficient (Wildman–Crippen LogP) is -1.35. The van der Waals surface area contributed by atoms with Crippen molar-refractivity contribution in [2.45, 2.75) is 26.3 Å². The molecule has 0 bridgehead atoms. The molecular weight excluding hydrogens is 168 g/mol. The van der Waals surface area contributed by atoms with Crippen molar-refractivity contribution in [3.05, 3.63) is 11.4 Å². The Morgan fingerprint density at radius 3 is 2.23 bits per heavy atom. The van der Waals surface area contributed by atoms with Crippen LogP contribution in [0.1, 0.15) is 20.8 Å². The normalized spacial score (nSPS) is 13.5. The number of nitrogens with two attached hydrogens (primary N) is 3. The largest absolute Gasteiger partial charge is 0.393 e. The monoisotopic (exact) mass is 185 g/mol. The quantitative estimate of drug-likeness (QED) is 0.406. The van der Waals surface area contributed by atoms with Gasteiger partial charge >= 0.3 is 0 Å². The third-order valence-corrected chi connectivity index (χ3v) is 1.82. The third kappa shape index (κ3) is 3.25. The molecule has 0 atom stereocenters. The number of hydrogen-bond donors (Lipinski definition) is 4. The van der Waals surface area contributed by atoms with E-state index < -0.39 is 11.4 Å². The lowest BCUT2D eigenvalue weighted by Gasteiger charge is -2.18. The van der Waals surface area contributed by atoms with Crippen LogP contribution in [-0.4, -0.2) is 17.7 Å². The number of allylic oxidation sites excluding steroid dienone is 2. The smallest absolute Gasteiger partial charge is 0.278 e. The topological polar surface area (TPSA) is 110 Å². The van der Waals surface area contributed by atoms with E-state index in [2.05, 4.69) is 0 Å². The first-order valence-electron chi connectivity index (χ1n) is 3.94. The summed E-state index contributed by atoms with van der Waals surface area (Å²) in [5.74, 6) is -0.412. The van der Waals surface area contributed by atoms with Crippen molar-refractivity contribution in [3.8, 4) is 0 Å². The lowest BCUT2D eigenvalue weighted by Crippen LogP contribution is -2.96. The van der Waals surface area contributed by atoms with Crippen LogP contribution < -0.4 is 16.8 Å². The van der Waals surface area contributed by atoms with E-state index in [1.807, 2.05) is 0 Å². The number of amides is 1. The Hall–Kier alpha value is -1.36. The number of quaternary nitrogens is 1. The summed E-state index contributed by atoms with van der Waals surface area (Å²) in [6, 6.07) is 0. The van der Waals surface area contributed by atoms with Gasteiger partial charge in [-0.25, -0.2) is 0 Å². The van der Waals surface area contributed by atoms with Gasteiger partial charge in [0.1, 0.15) is 11.4 Å². The molecule has 0 saturated carbocycles. The van der Waals surface area contributed by atoms with Crippen LogP contribution >= 0.6 is 0 Å². The summed E-state index contributed by atoms with van der Waals surface area (Å²) in [6.07, 6.45) is 1.04. The molecule has 74 valence electrons. The first kappa shape index (κ1) is 11.6. The number of carbonyl (C=O) groups excluding carboxylic acids is 1. The molecule has 0 unspecified atom stereocenters. The van der Waals surface area contributed by atoms with E-state index in [-0.39, 0.29) is 0 Å². The fourth-order valence-electron chi connectivity index (χ4n) is 0.810. The predicted molar refractivity (Wildman–Crippen MR) is 50.9 cm³/mol. The second-order valence-electron chi connectivity index (χ2n) is 3.51. The highest BCUT2D eigenvalue weighted by atomic mass is 16.1. The molecule has 0 saturated heterocycles. The Morgan fingerprint density at radius 1 is 1.46 bits per heavy atom. The summed E-state index contributed by atoms with van der Waals surface area (Å²) in [5.41, 5.74) is 11.0. The van der Waals surface area contributed by atoms with Crippen LogP contribution in [0, 0.1) is 5.41 Å². The molecule has 0 aliphatic rings. The van der Waals surface area contributed by atoms with Gasteiger partial charge in [0.15, 0.2) is 5.54 Å². The highest BCUT2D eigenvalue weighted by Crippen LogP contribution is 1.94. The summed E-state index contributed by atoms with van der Waals surface area (Å²) in [5, 5.41) is 8.57. The minimum Gasteiger partial charge on any atom is -0.393 e. The standard InChI is InChI=1S/C8H16N4O/c1-5(6(10)4-9)12-8(2,3)7(11)13/h4,9,12H,10H2,1-3H3,(H2,11,13)/p+1. The van der Waals surface area contributed by atoms with Crippen molar-refractivity contribution in [1.29, 1.82) is 5.41 Å². The second-order valence-corrected chi connectivity index (χ2v) is 3.51. The van der Waals surface area contributed by atoms with E-state index in [1.54, 1.807) is 26.1 Å². The SMILES string of the molecule is CC([NH2+]C(C)(C)C(N)=O)=C(N)C=N. The molecule has 7 N–H and O–H groups in total. The van der Waals surface area contributed by atoms with Crippen LogP contribution in [-0.2, 0) is 4.79 Å². The lowest BCUT2D eigenvalue weighted by atomic mass is 10.0. The Bertz CT molecular complexity index is 255. The van der Waals surface area contributed by atoms with E-state index in [0.29, 0.717) is 11.4 Å². The Balaban J connectivity index is 4.63.